The van der Waals surface area contributed by atoms with E-state index >= 15 is 0 Å². The van der Waals surface area contributed by atoms with Crippen molar-refractivity contribution in [2.45, 2.75) is 50.7 Å². The first-order valence-electron chi connectivity index (χ1n) is 9.41. The van der Waals surface area contributed by atoms with E-state index in [1.54, 1.807) is 11.0 Å². The molecule has 1 saturated carbocycles. The summed E-state index contributed by atoms with van der Waals surface area (Å²) in [5.41, 5.74) is -0.0767. The minimum atomic E-state index is -4.34. The summed E-state index contributed by atoms with van der Waals surface area (Å²) < 4.78 is 38.6. The van der Waals surface area contributed by atoms with Gasteiger partial charge < -0.3 is 15.1 Å². The van der Waals surface area contributed by atoms with E-state index in [2.05, 4.69) is 5.32 Å². The number of hydrogen-bond donors (Lipinski definition) is 1. The molecule has 1 aliphatic carbocycles. The van der Waals surface area contributed by atoms with Crippen molar-refractivity contribution in [3.05, 3.63) is 29.8 Å². The Morgan fingerprint density at radius 2 is 1.65 bits per heavy atom. The van der Waals surface area contributed by atoms with Crippen LogP contribution in [0, 0.1) is 0 Å². The third kappa shape index (κ3) is 4.83. The highest BCUT2D eigenvalue weighted by Gasteiger charge is 2.31. The molecule has 2 aliphatic rings. The van der Waals surface area contributed by atoms with Crippen LogP contribution in [0.2, 0.25) is 0 Å². The summed E-state index contributed by atoms with van der Waals surface area (Å²) in [6, 6.07) is 5.60. The summed E-state index contributed by atoms with van der Waals surface area (Å²) in [7, 11) is 0. The van der Waals surface area contributed by atoms with Gasteiger partial charge in [-0.3, -0.25) is 0 Å². The quantitative estimate of drug-likeness (QED) is 0.791. The lowest BCUT2D eigenvalue weighted by Gasteiger charge is -2.37. The van der Waals surface area contributed by atoms with E-state index in [4.69, 9.17) is 0 Å². The number of alkyl halides is 3. The van der Waals surface area contributed by atoms with Gasteiger partial charge in [0.25, 0.3) is 0 Å². The van der Waals surface area contributed by atoms with Crippen molar-refractivity contribution in [1.82, 2.24) is 10.2 Å². The lowest BCUT2D eigenvalue weighted by molar-refractivity contribution is -0.137. The van der Waals surface area contributed by atoms with E-state index < -0.39 is 11.7 Å². The normalized spacial score (nSPS) is 20.0. The number of amides is 2. The van der Waals surface area contributed by atoms with Crippen LogP contribution in [-0.4, -0.2) is 43.2 Å². The second-order valence-electron chi connectivity index (χ2n) is 7.16. The summed E-state index contributed by atoms with van der Waals surface area (Å²) in [6.07, 6.45) is 2.54. The van der Waals surface area contributed by atoms with Crippen LogP contribution in [0.3, 0.4) is 0 Å². The summed E-state index contributed by atoms with van der Waals surface area (Å²) >= 11 is 0. The molecule has 1 aromatic rings. The molecule has 7 heteroatoms. The molecule has 26 heavy (non-hydrogen) atoms. The lowest BCUT2D eigenvalue weighted by Crippen LogP contribution is -2.53. The maximum absolute atomic E-state index is 12.9. The number of nitrogens with zero attached hydrogens (tertiary/aromatic N) is 2. The summed E-state index contributed by atoms with van der Waals surface area (Å²) in [6.45, 7) is 2.13. The summed E-state index contributed by atoms with van der Waals surface area (Å²) in [5, 5.41) is 3.13. The number of hydrogen-bond acceptors (Lipinski definition) is 2. The average Bonchev–Trinajstić information content (AvgIpc) is 2.90. The Morgan fingerprint density at radius 3 is 2.27 bits per heavy atom. The molecular formula is C19H26F3N3O. The molecule has 1 aromatic carbocycles. The number of benzene rings is 1. The maximum atomic E-state index is 12.9. The van der Waals surface area contributed by atoms with Gasteiger partial charge in [-0.15, -0.1) is 0 Å². The highest BCUT2D eigenvalue weighted by Crippen LogP contribution is 2.31. The average molecular weight is 369 g/mol. The Balaban J connectivity index is 1.53. The fourth-order valence-corrected chi connectivity index (χ4v) is 3.74. The highest BCUT2D eigenvalue weighted by molar-refractivity contribution is 5.75. The van der Waals surface area contributed by atoms with Crippen LogP contribution >= 0.6 is 0 Å². The fourth-order valence-electron chi connectivity index (χ4n) is 3.74. The molecule has 2 fully saturated rings. The lowest BCUT2D eigenvalue weighted by atomic mass is 10.1. The molecule has 1 aliphatic heterocycles. The first-order valence-corrected chi connectivity index (χ1v) is 9.41. The molecule has 3 rings (SSSR count). The zero-order valence-electron chi connectivity index (χ0n) is 14.9. The molecule has 0 aromatic heterocycles. The van der Waals surface area contributed by atoms with E-state index in [1.807, 2.05) is 4.90 Å². The summed E-state index contributed by atoms with van der Waals surface area (Å²) in [4.78, 5) is 16.1. The van der Waals surface area contributed by atoms with Gasteiger partial charge >= 0.3 is 12.2 Å². The topological polar surface area (TPSA) is 35.6 Å². The predicted molar refractivity (Wildman–Crippen MR) is 95.3 cm³/mol. The van der Waals surface area contributed by atoms with Gasteiger partial charge in [0.2, 0.25) is 0 Å². The molecule has 0 spiro atoms. The number of piperazine rings is 1. The number of rotatable bonds is 2. The third-order valence-corrected chi connectivity index (χ3v) is 5.29. The van der Waals surface area contributed by atoms with Gasteiger partial charge in [0.15, 0.2) is 0 Å². The first-order chi connectivity index (χ1) is 12.4. The first kappa shape index (κ1) is 18.9. The smallest absolute Gasteiger partial charge is 0.368 e. The Morgan fingerprint density at radius 1 is 1.00 bits per heavy atom. The molecule has 0 atom stereocenters. The van der Waals surface area contributed by atoms with Crippen molar-refractivity contribution in [2.75, 3.05) is 31.1 Å². The van der Waals surface area contributed by atoms with Gasteiger partial charge in [0.1, 0.15) is 0 Å². The number of carbonyl (C=O) groups is 1. The molecule has 1 N–H and O–H groups in total. The Labute approximate surface area is 152 Å². The number of anilines is 1. The van der Waals surface area contributed by atoms with E-state index in [1.165, 1.54) is 25.0 Å². The summed E-state index contributed by atoms with van der Waals surface area (Å²) in [5.74, 6) is 0. The van der Waals surface area contributed by atoms with Crippen molar-refractivity contribution < 1.29 is 18.0 Å². The van der Waals surface area contributed by atoms with Gasteiger partial charge in [-0.1, -0.05) is 31.7 Å². The van der Waals surface area contributed by atoms with E-state index in [-0.39, 0.29) is 12.1 Å². The van der Waals surface area contributed by atoms with E-state index in [0.29, 0.717) is 31.9 Å². The predicted octanol–water partition coefficient (Wildman–Crippen LogP) is 4.26. The van der Waals surface area contributed by atoms with Crippen LogP contribution in [0.5, 0.6) is 0 Å². The van der Waals surface area contributed by atoms with Gasteiger partial charge in [0.05, 0.1) is 5.56 Å². The minimum absolute atomic E-state index is 0.0411. The van der Waals surface area contributed by atoms with E-state index in [9.17, 15) is 18.0 Å². The minimum Gasteiger partial charge on any atom is -0.368 e. The molecule has 0 bridgehead atoms. The molecule has 2 amide bonds. The number of urea groups is 1. The van der Waals surface area contributed by atoms with Crippen LogP contribution < -0.4 is 10.2 Å². The Kier molecular flexibility index (Phi) is 5.94. The number of halogens is 3. The van der Waals surface area contributed by atoms with Crippen LogP contribution in [0.25, 0.3) is 0 Å². The maximum Gasteiger partial charge on any atom is 0.416 e. The Hall–Kier alpha value is -1.92. The van der Waals surface area contributed by atoms with E-state index in [0.717, 1.165) is 31.7 Å². The molecule has 0 radical (unpaired) electrons. The van der Waals surface area contributed by atoms with Crippen molar-refractivity contribution in [1.29, 1.82) is 0 Å². The molecule has 1 saturated heterocycles. The zero-order valence-corrected chi connectivity index (χ0v) is 14.9. The standard InChI is InChI=1S/C19H26F3N3O/c20-19(21,22)15-6-5-9-17(14-15)24-10-12-25(13-11-24)18(26)23-16-7-3-1-2-4-8-16/h5-6,9,14,16H,1-4,7-8,10-13H2,(H,23,26). The number of nitrogens with one attached hydrogen (secondary N) is 1. The largest absolute Gasteiger partial charge is 0.416 e. The SMILES string of the molecule is O=C(NC1CCCCCC1)N1CCN(c2cccc(C(F)(F)F)c2)CC1. The Bertz CT molecular complexity index is 604. The van der Waals surface area contributed by atoms with Crippen molar-refractivity contribution in [2.24, 2.45) is 0 Å². The van der Waals surface area contributed by atoms with Crippen molar-refractivity contribution >= 4 is 11.7 Å². The van der Waals surface area contributed by atoms with Gasteiger partial charge in [-0.2, -0.15) is 13.2 Å². The van der Waals surface area contributed by atoms with Crippen molar-refractivity contribution in [3.8, 4) is 0 Å². The molecule has 4 nitrogen and oxygen atoms in total. The van der Waals surface area contributed by atoms with Crippen LogP contribution in [0.15, 0.2) is 24.3 Å². The van der Waals surface area contributed by atoms with Crippen LogP contribution in [0.4, 0.5) is 23.7 Å². The molecule has 1 heterocycles. The fraction of sp³-hybridized carbons (Fsp3) is 0.632. The van der Waals surface area contributed by atoms with Crippen LogP contribution in [-0.2, 0) is 6.18 Å². The van der Waals surface area contributed by atoms with Crippen LogP contribution in [0.1, 0.15) is 44.1 Å². The highest BCUT2D eigenvalue weighted by atomic mass is 19.4. The van der Waals surface area contributed by atoms with Gasteiger partial charge in [-0.05, 0) is 31.0 Å². The van der Waals surface area contributed by atoms with Gasteiger partial charge in [0, 0.05) is 37.9 Å². The third-order valence-electron chi connectivity index (χ3n) is 5.29. The number of carbonyl (C=O) groups excluding carboxylic acids is 1. The van der Waals surface area contributed by atoms with Gasteiger partial charge in [-0.25, -0.2) is 4.79 Å². The monoisotopic (exact) mass is 369 g/mol. The molecular weight excluding hydrogens is 343 g/mol. The molecule has 0 unspecified atom stereocenters. The second kappa shape index (κ2) is 8.18. The second-order valence-corrected chi connectivity index (χ2v) is 7.16. The zero-order chi connectivity index (χ0) is 18.6. The molecule has 144 valence electrons. The van der Waals surface area contributed by atoms with Crippen molar-refractivity contribution in [3.63, 3.8) is 0 Å².